The van der Waals surface area contributed by atoms with Crippen LogP contribution in [0, 0.1) is 6.92 Å². The zero-order valence-corrected chi connectivity index (χ0v) is 15.5. The Morgan fingerprint density at radius 2 is 2.12 bits per heavy atom. The van der Waals surface area contributed by atoms with Gasteiger partial charge in [-0.2, -0.15) is 5.10 Å². The number of rotatable bonds is 8. The van der Waals surface area contributed by atoms with Crippen LogP contribution >= 0.6 is 11.3 Å². The molecule has 0 saturated carbocycles. The van der Waals surface area contributed by atoms with Crippen LogP contribution in [0.3, 0.4) is 0 Å². The van der Waals surface area contributed by atoms with Crippen molar-refractivity contribution in [1.82, 2.24) is 4.98 Å². The molecular weight excluding hydrogens is 342 g/mol. The van der Waals surface area contributed by atoms with Crippen LogP contribution in [0.1, 0.15) is 34.8 Å². The Morgan fingerprint density at radius 1 is 1.32 bits per heavy atom. The van der Waals surface area contributed by atoms with Crippen molar-refractivity contribution in [3.05, 3.63) is 34.3 Å². The van der Waals surface area contributed by atoms with E-state index < -0.39 is 0 Å². The average Bonchev–Trinajstić information content (AvgIpc) is 2.96. The van der Waals surface area contributed by atoms with Gasteiger partial charge in [0, 0.05) is 0 Å². The molecule has 0 radical (unpaired) electrons. The predicted molar refractivity (Wildman–Crippen MR) is 98.2 cm³/mol. The summed E-state index contributed by atoms with van der Waals surface area (Å²) < 4.78 is 15.8. The van der Waals surface area contributed by atoms with Crippen molar-refractivity contribution in [2.24, 2.45) is 5.10 Å². The van der Waals surface area contributed by atoms with E-state index in [1.54, 1.807) is 27.2 Å². The van der Waals surface area contributed by atoms with Gasteiger partial charge in [0.1, 0.15) is 4.88 Å². The fourth-order valence-electron chi connectivity index (χ4n) is 2.03. The predicted octanol–water partition coefficient (Wildman–Crippen LogP) is 3.48. The first-order valence-corrected chi connectivity index (χ1v) is 8.65. The number of hydrogen-bond donors (Lipinski definition) is 1. The Kier molecular flexibility index (Phi) is 6.76. The highest BCUT2D eigenvalue weighted by Crippen LogP contribution is 2.27. The number of methoxy groups -OCH3 is 1. The van der Waals surface area contributed by atoms with Crippen molar-refractivity contribution in [2.75, 3.05) is 25.7 Å². The van der Waals surface area contributed by atoms with E-state index in [2.05, 4.69) is 15.5 Å². The molecule has 2 aromatic rings. The van der Waals surface area contributed by atoms with Crippen molar-refractivity contribution in [3.63, 3.8) is 0 Å². The summed E-state index contributed by atoms with van der Waals surface area (Å²) in [6, 6.07) is 5.52. The number of nitrogens with one attached hydrogen (secondary N) is 1. The van der Waals surface area contributed by atoms with Crippen molar-refractivity contribution in [2.45, 2.75) is 20.8 Å². The summed E-state index contributed by atoms with van der Waals surface area (Å²) >= 11 is 1.20. The highest BCUT2D eigenvalue weighted by molar-refractivity contribution is 7.17. The lowest BCUT2D eigenvalue weighted by molar-refractivity contribution is 0.0531. The number of nitrogens with zero attached hydrogens (tertiary/aromatic N) is 2. The summed E-state index contributed by atoms with van der Waals surface area (Å²) in [6.07, 6.45) is 1.64. The summed E-state index contributed by atoms with van der Waals surface area (Å²) in [6.45, 7) is 6.31. The number of carbonyl (C=O) groups excluding carboxylic acids is 1. The number of benzene rings is 1. The van der Waals surface area contributed by atoms with E-state index >= 15 is 0 Å². The minimum Gasteiger partial charge on any atom is -0.493 e. The van der Waals surface area contributed by atoms with Crippen LogP contribution in [0.25, 0.3) is 0 Å². The topological polar surface area (TPSA) is 82.0 Å². The van der Waals surface area contributed by atoms with Gasteiger partial charge in [-0.3, -0.25) is 5.43 Å². The smallest absolute Gasteiger partial charge is 0.350 e. The van der Waals surface area contributed by atoms with E-state index in [1.165, 1.54) is 11.3 Å². The minimum atomic E-state index is -0.369. The summed E-state index contributed by atoms with van der Waals surface area (Å²) in [5.41, 5.74) is 4.29. The molecule has 0 atom stereocenters. The van der Waals surface area contributed by atoms with Crippen LogP contribution in [0.5, 0.6) is 11.5 Å². The first kappa shape index (κ1) is 18.7. The number of hydrazone groups is 1. The fraction of sp³-hybridized carbons (Fsp3) is 0.353. The zero-order chi connectivity index (χ0) is 18.2. The molecule has 0 saturated heterocycles. The zero-order valence-electron chi connectivity index (χ0n) is 14.7. The third-order valence-corrected chi connectivity index (χ3v) is 4.16. The highest BCUT2D eigenvalue weighted by atomic mass is 32.1. The van der Waals surface area contributed by atoms with E-state index in [1.807, 2.05) is 25.1 Å². The maximum Gasteiger partial charge on any atom is 0.350 e. The van der Waals surface area contributed by atoms with Gasteiger partial charge in [0.05, 0.1) is 32.2 Å². The summed E-state index contributed by atoms with van der Waals surface area (Å²) in [4.78, 5) is 16.5. The molecule has 0 spiro atoms. The fourth-order valence-corrected chi connectivity index (χ4v) is 2.84. The third-order valence-electron chi connectivity index (χ3n) is 3.12. The molecule has 0 aliphatic heterocycles. The van der Waals surface area contributed by atoms with Gasteiger partial charge in [-0.1, -0.05) is 11.3 Å². The summed E-state index contributed by atoms with van der Waals surface area (Å²) in [5, 5.41) is 4.68. The Hall–Kier alpha value is -2.61. The molecule has 2 rings (SSSR count). The maximum absolute atomic E-state index is 11.8. The first-order chi connectivity index (χ1) is 12.1. The van der Waals surface area contributed by atoms with Gasteiger partial charge in [0.15, 0.2) is 11.5 Å². The number of carbonyl (C=O) groups is 1. The standard InChI is InChI=1S/C17H21N3O4S/c1-5-23-14-9-12(7-8-13(14)22-4)10-18-20-17-19-11(3)15(25-17)16(21)24-6-2/h7-10H,5-6H2,1-4H3,(H,19,20)/b18-10-. The van der Waals surface area contributed by atoms with Gasteiger partial charge in [-0.15, -0.1) is 0 Å². The van der Waals surface area contributed by atoms with Crippen LogP contribution < -0.4 is 14.9 Å². The maximum atomic E-state index is 11.8. The van der Waals surface area contributed by atoms with E-state index in [0.29, 0.717) is 40.4 Å². The van der Waals surface area contributed by atoms with Gasteiger partial charge < -0.3 is 14.2 Å². The van der Waals surface area contributed by atoms with E-state index in [0.717, 1.165) is 5.56 Å². The van der Waals surface area contributed by atoms with Gasteiger partial charge in [0.2, 0.25) is 5.13 Å². The summed E-state index contributed by atoms with van der Waals surface area (Å²) in [7, 11) is 1.60. The van der Waals surface area contributed by atoms with Crippen molar-refractivity contribution < 1.29 is 19.0 Å². The number of esters is 1. The molecular formula is C17H21N3O4S. The van der Waals surface area contributed by atoms with Gasteiger partial charge in [-0.05, 0) is 44.5 Å². The lowest BCUT2D eigenvalue weighted by atomic mass is 10.2. The SMILES string of the molecule is CCOC(=O)c1sc(N/N=C\c2ccc(OC)c(OCC)c2)nc1C. The molecule has 0 bridgehead atoms. The number of hydrogen-bond acceptors (Lipinski definition) is 8. The summed E-state index contributed by atoms with van der Waals surface area (Å²) in [5.74, 6) is 0.955. The molecule has 0 amide bonds. The number of aryl methyl sites for hydroxylation is 1. The average molecular weight is 363 g/mol. The number of aromatic nitrogens is 1. The molecule has 8 heteroatoms. The second kappa shape index (κ2) is 9.03. The molecule has 0 unspecified atom stereocenters. The molecule has 0 aliphatic carbocycles. The van der Waals surface area contributed by atoms with Gasteiger partial charge in [0.25, 0.3) is 0 Å². The van der Waals surface area contributed by atoms with Gasteiger partial charge >= 0.3 is 5.97 Å². The van der Waals surface area contributed by atoms with Crippen LogP contribution in [0.4, 0.5) is 5.13 Å². The van der Waals surface area contributed by atoms with Crippen LogP contribution in [-0.4, -0.2) is 37.5 Å². The Labute approximate surface area is 150 Å². The van der Waals surface area contributed by atoms with Crippen molar-refractivity contribution in [3.8, 4) is 11.5 Å². The second-order valence-corrected chi connectivity index (χ2v) is 5.87. The lowest BCUT2D eigenvalue weighted by Gasteiger charge is -2.09. The van der Waals surface area contributed by atoms with Crippen LogP contribution in [0.15, 0.2) is 23.3 Å². The molecule has 134 valence electrons. The normalized spacial score (nSPS) is 10.7. The largest absolute Gasteiger partial charge is 0.493 e. The third kappa shape index (κ3) is 4.93. The molecule has 1 aromatic heterocycles. The van der Waals surface area contributed by atoms with Gasteiger partial charge in [-0.25, -0.2) is 9.78 Å². The monoisotopic (exact) mass is 363 g/mol. The Bertz CT molecular complexity index is 758. The molecule has 1 N–H and O–H groups in total. The second-order valence-electron chi connectivity index (χ2n) is 4.87. The van der Waals surface area contributed by atoms with E-state index in [4.69, 9.17) is 14.2 Å². The number of anilines is 1. The first-order valence-electron chi connectivity index (χ1n) is 7.83. The molecule has 7 nitrogen and oxygen atoms in total. The van der Waals surface area contributed by atoms with Crippen molar-refractivity contribution in [1.29, 1.82) is 0 Å². The molecule has 0 aliphatic rings. The van der Waals surface area contributed by atoms with E-state index in [-0.39, 0.29) is 5.97 Å². The van der Waals surface area contributed by atoms with Crippen molar-refractivity contribution >= 4 is 28.7 Å². The minimum absolute atomic E-state index is 0.330. The highest BCUT2D eigenvalue weighted by Gasteiger charge is 2.15. The quantitative estimate of drug-likeness (QED) is 0.439. The lowest BCUT2D eigenvalue weighted by Crippen LogP contribution is -2.03. The van der Waals surface area contributed by atoms with Crippen LogP contribution in [-0.2, 0) is 4.74 Å². The van der Waals surface area contributed by atoms with E-state index in [9.17, 15) is 4.79 Å². The Balaban J connectivity index is 2.07. The molecule has 0 fully saturated rings. The Morgan fingerprint density at radius 3 is 2.80 bits per heavy atom. The molecule has 25 heavy (non-hydrogen) atoms. The number of ether oxygens (including phenoxy) is 3. The van der Waals surface area contributed by atoms with Crippen LogP contribution in [0.2, 0.25) is 0 Å². The molecule has 1 aromatic carbocycles. The molecule has 1 heterocycles. The number of thiazole rings is 1.